The topological polar surface area (TPSA) is 61.8 Å². The normalized spacial score (nSPS) is 9.24. The van der Waals surface area contributed by atoms with E-state index in [4.69, 9.17) is 4.74 Å². The van der Waals surface area contributed by atoms with Gasteiger partial charge < -0.3 is 14.2 Å². The molecule has 17 heavy (non-hydrogen) atoms. The van der Waals surface area contributed by atoms with Crippen molar-refractivity contribution >= 4 is 12.1 Å². The SMILES string of the molecule is C=CC(=O)OCOC(=O)Oc1ccc(C)cc1. The molecule has 0 fully saturated rings. The quantitative estimate of drug-likeness (QED) is 0.347. The Kier molecular flexibility index (Phi) is 4.75. The van der Waals surface area contributed by atoms with Crippen LogP contribution in [0.4, 0.5) is 4.79 Å². The van der Waals surface area contributed by atoms with Crippen LogP contribution in [0.3, 0.4) is 0 Å². The van der Waals surface area contributed by atoms with E-state index in [-0.39, 0.29) is 0 Å². The van der Waals surface area contributed by atoms with Crippen LogP contribution in [-0.2, 0) is 14.3 Å². The fourth-order valence-corrected chi connectivity index (χ4v) is 0.927. The van der Waals surface area contributed by atoms with Crippen LogP contribution < -0.4 is 4.74 Å². The summed E-state index contributed by atoms with van der Waals surface area (Å²) < 4.78 is 13.7. The highest BCUT2D eigenvalue weighted by molar-refractivity contribution is 5.81. The summed E-state index contributed by atoms with van der Waals surface area (Å²) in [6, 6.07) is 6.85. The predicted molar refractivity (Wildman–Crippen MR) is 59.4 cm³/mol. The largest absolute Gasteiger partial charge is 0.516 e. The van der Waals surface area contributed by atoms with Crippen molar-refractivity contribution in [2.45, 2.75) is 6.92 Å². The first kappa shape index (κ1) is 12.8. The van der Waals surface area contributed by atoms with Crippen molar-refractivity contribution in [2.24, 2.45) is 0 Å². The lowest BCUT2D eigenvalue weighted by molar-refractivity contribution is -0.146. The molecule has 1 aromatic rings. The van der Waals surface area contributed by atoms with Gasteiger partial charge in [-0.3, -0.25) is 0 Å². The molecule has 0 spiro atoms. The van der Waals surface area contributed by atoms with Crippen LogP contribution >= 0.6 is 0 Å². The molecule has 1 aromatic carbocycles. The molecule has 0 aliphatic heterocycles. The molecule has 1 rings (SSSR count). The minimum absolute atomic E-state index is 0.357. The molecule has 0 bridgehead atoms. The summed E-state index contributed by atoms with van der Waals surface area (Å²) in [4.78, 5) is 21.7. The predicted octanol–water partition coefficient (Wildman–Crippen LogP) is 2.20. The van der Waals surface area contributed by atoms with Crippen molar-refractivity contribution in [1.82, 2.24) is 0 Å². The van der Waals surface area contributed by atoms with Gasteiger partial charge in [0.2, 0.25) is 6.79 Å². The van der Waals surface area contributed by atoms with Crippen molar-refractivity contribution < 1.29 is 23.8 Å². The number of carbonyl (C=O) groups excluding carboxylic acids is 2. The summed E-state index contributed by atoms with van der Waals surface area (Å²) in [5.41, 5.74) is 1.05. The van der Waals surface area contributed by atoms with Crippen LogP contribution in [0.5, 0.6) is 5.75 Å². The van der Waals surface area contributed by atoms with Crippen molar-refractivity contribution in [3.05, 3.63) is 42.5 Å². The first-order valence-electron chi connectivity index (χ1n) is 4.82. The molecular formula is C12H12O5. The van der Waals surface area contributed by atoms with E-state index in [0.29, 0.717) is 5.75 Å². The Balaban J connectivity index is 2.32. The molecule has 0 amide bonds. The number of rotatable bonds is 4. The maximum atomic E-state index is 11.1. The minimum Gasteiger partial charge on any atom is -0.425 e. The van der Waals surface area contributed by atoms with Crippen molar-refractivity contribution in [2.75, 3.05) is 6.79 Å². The van der Waals surface area contributed by atoms with Crippen LogP contribution in [0, 0.1) is 6.92 Å². The van der Waals surface area contributed by atoms with Gasteiger partial charge in [-0.2, -0.15) is 0 Å². The molecule has 0 unspecified atom stereocenters. The third kappa shape index (κ3) is 4.83. The van der Waals surface area contributed by atoms with Crippen LogP contribution in [0.1, 0.15) is 5.56 Å². The van der Waals surface area contributed by atoms with Crippen LogP contribution in [-0.4, -0.2) is 18.9 Å². The van der Waals surface area contributed by atoms with Gasteiger partial charge in [0.25, 0.3) is 0 Å². The van der Waals surface area contributed by atoms with Crippen LogP contribution in [0.25, 0.3) is 0 Å². The second-order valence-electron chi connectivity index (χ2n) is 3.09. The lowest BCUT2D eigenvalue weighted by Crippen LogP contribution is -2.14. The zero-order valence-corrected chi connectivity index (χ0v) is 9.34. The fourth-order valence-electron chi connectivity index (χ4n) is 0.927. The Morgan fingerprint density at radius 1 is 1.24 bits per heavy atom. The third-order valence-corrected chi connectivity index (χ3v) is 1.77. The van der Waals surface area contributed by atoms with E-state index in [1.807, 2.05) is 6.92 Å². The average molecular weight is 236 g/mol. The van der Waals surface area contributed by atoms with E-state index in [0.717, 1.165) is 11.6 Å². The molecule has 90 valence electrons. The maximum absolute atomic E-state index is 11.1. The van der Waals surface area contributed by atoms with Crippen molar-refractivity contribution in [1.29, 1.82) is 0 Å². The Labute approximate surface area is 98.6 Å². The molecule has 5 heteroatoms. The summed E-state index contributed by atoms with van der Waals surface area (Å²) in [5.74, 6) is -0.316. The van der Waals surface area contributed by atoms with Crippen LogP contribution in [0.2, 0.25) is 0 Å². The molecule has 5 nitrogen and oxygen atoms in total. The minimum atomic E-state index is -0.939. The molecule has 0 radical (unpaired) electrons. The first-order chi connectivity index (χ1) is 8.11. The average Bonchev–Trinajstić information content (AvgIpc) is 2.32. The van der Waals surface area contributed by atoms with E-state index < -0.39 is 18.9 Å². The number of carbonyl (C=O) groups is 2. The highest BCUT2D eigenvalue weighted by atomic mass is 16.8. The number of aryl methyl sites for hydroxylation is 1. The zero-order valence-electron chi connectivity index (χ0n) is 9.34. The number of hydrogen-bond acceptors (Lipinski definition) is 5. The summed E-state index contributed by atoms with van der Waals surface area (Å²) in [5, 5.41) is 0. The van der Waals surface area contributed by atoms with Gasteiger partial charge in [0, 0.05) is 6.08 Å². The highest BCUT2D eigenvalue weighted by Gasteiger charge is 2.06. The van der Waals surface area contributed by atoms with E-state index >= 15 is 0 Å². The standard InChI is InChI=1S/C12H12O5/c1-3-11(13)15-8-16-12(14)17-10-6-4-9(2)5-7-10/h3-7H,1,8H2,2H3. The monoisotopic (exact) mass is 236 g/mol. The third-order valence-electron chi connectivity index (χ3n) is 1.77. The first-order valence-corrected chi connectivity index (χ1v) is 4.82. The van der Waals surface area contributed by atoms with Gasteiger partial charge in [-0.15, -0.1) is 0 Å². The van der Waals surface area contributed by atoms with Gasteiger partial charge in [-0.25, -0.2) is 9.59 Å². The van der Waals surface area contributed by atoms with Gasteiger partial charge in [0.15, 0.2) is 0 Å². The zero-order chi connectivity index (χ0) is 12.7. The lowest BCUT2D eigenvalue weighted by Gasteiger charge is -2.05. The van der Waals surface area contributed by atoms with E-state index in [9.17, 15) is 9.59 Å². The van der Waals surface area contributed by atoms with Crippen LogP contribution in [0.15, 0.2) is 36.9 Å². The number of esters is 1. The molecular weight excluding hydrogens is 224 g/mol. The second-order valence-corrected chi connectivity index (χ2v) is 3.09. The van der Waals surface area contributed by atoms with Crippen molar-refractivity contribution in [3.8, 4) is 5.75 Å². The Bertz CT molecular complexity index is 407. The summed E-state index contributed by atoms with van der Waals surface area (Å²) in [6.07, 6.45) is 0.0278. The molecule has 0 aromatic heterocycles. The van der Waals surface area contributed by atoms with Gasteiger partial charge in [0.1, 0.15) is 5.75 Å². The molecule has 0 aliphatic rings. The molecule has 0 saturated carbocycles. The second kappa shape index (κ2) is 6.32. The summed E-state index contributed by atoms with van der Waals surface area (Å²) in [7, 11) is 0. The Morgan fingerprint density at radius 3 is 2.47 bits per heavy atom. The number of ether oxygens (including phenoxy) is 3. The molecule has 0 atom stereocenters. The van der Waals surface area contributed by atoms with E-state index in [2.05, 4.69) is 16.1 Å². The van der Waals surface area contributed by atoms with E-state index in [1.165, 1.54) is 0 Å². The molecule has 0 heterocycles. The molecule has 0 saturated heterocycles. The smallest absolute Gasteiger partial charge is 0.425 e. The highest BCUT2D eigenvalue weighted by Crippen LogP contribution is 2.11. The lowest BCUT2D eigenvalue weighted by atomic mass is 10.2. The molecule has 0 N–H and O–H groups in total. The van der Waals surface area contributed by atoms with Gasteiger partial charge in [0.05, 0.1) is 0 Å². The summed E-state index contributed by atoms with van der Waals surface area (Å²) in [6.45, 7) is 4.60. The van der Waals surface area contributed by atoms with Gasteiger partial charge in [-0.05, 0) is 19.1 Å². The number of hydrogen-bond donors (Lipinski definition) is 0. The Hall–Kier alpha value is -2.30. The van der Waals surface area contributed by atoms with Crippen molar-refractivity contribution in [3.63, 3.8) is 0 Å². The Morgan fingerprint density at radius 2 is 1.88 bits per heavy atom. The summed E-state index contributed by atoms with van der Waals surface area (Å²) >= 11 is 0. The number of benzene rings is 1. The van der Waals surface area contributed by atoms with Gasteiger partial charge in [-0.1, -0.05) is 24.3 Å². The molecule has 0 aliphatic carbocycles. The maximum Gasteiger partial charge on any atom is 0.516 e. The fraction of sp³-hybridized carbons (Fsp3) is 0.167. The van der Waals surface area contributed by atoms with Gasteiger partial charge >= 0.3 is 12.1 Å². The van der Waals surface area contributed by atoms with E-state index in [1.54, 1.807) is 24.3 Å².